The summed E-state index contributed by atoms with van der Waals surface area (Å²) in [4.78, 5) is 46.0. The van der Waals surface area contributed by atoms with Crippen molar-refractivity contribution in [1.29, 1.82) is 0 Å². The Morgan fingerprint density at radius 3 is 2.36 bits per heavy atom. The van der Waals surface area contributed by atoms with Crippen molar-refractivity contribution >= 4 is 17.9 Å². The van der Waals surface area contributed by atoms with Crippen LogP contribution >= 0.6 is 0 Å². The molecule has 0 aliphatic heterocycles. The van der Waals surface area contributed by atoms with E-state index in [1.165, 1.54) is 6.26 Å². The van der Waals surface area contributed by atoms with Gasteiger partial charge in [0.05, 0.1) is 18.8 Å². The van der Waals surface area contributed by atoms with Crippen LogP contribution in [-0.4, -0.2) is 46.1 Å². The summed E-state index contributed by atoms with van der Waals surface area (Å²) in [5.41, 5.74) is 0.911. The van der Waals surface area contributed by atoms with E-state index in [-0.39, 0.29) is 55.9 Å². The van der Waals surface area contributed by atoms with E-state index < -0.39 is 17.6 Å². The van der Waals surface area contributed by atoms with E-state index in [2.05, 4.69) is 25.9 Å². The maximum absolute atomic E-state index is 12.8. The molecule has 45 heavy (non-hydrogen) atoms. The second-order valence-electron chi connectivity index (χ2n) is 10.9. The molecule has 0 saturated carbocycles. The molecule has 4 N–H and O–H groups in total. The van der Waals surface area contributed by atoms with Gasteiger partial charge in [-0.2, -0.15) is 0 Å². The number of aryl methyl sites for hydroxylation is 1. The Morgan fingerprint density at radius 1 is 0.933 bits per heavy atom. The fraction of sp³-hybridized carbons (Fsp3) is 0.324. The van der Waals surface area contributed by atoms with Crippen LogP contribution in [0.25, 0.3) is 0 Å². The second-order valence-corrected chi connectivity index (χ2v) is 10.9. The molecule has 0 aliphatic carbocycles. The Bertz CT molecular complexity index is 1500. The molecule has 4 rings (SSSR count). The zero-order valence-corrected chi connectivity index (χ0v) is 25.3. The zero-order valence-electron chi connectivity index (χ0n) is 25.3. The van der Waals surface area contributed by atoms with Crippen molar-refractivity contribution in [2.75, 3.05) is 13.1 Å². The van der Waals surface area contributed by atoms with Crippen LogP contribution in [0.5, 0.6) is 0 Å². The number of nitrogens with one attached hydrogen (secondary N) is 3. The van der Waals surface area contributed by atoms with E-state index in [1.54, 1.807) is 18.3 Å². The van der Waals surface area contributed by atoms with Crippen LogP contribution in [0.1, 0.15) is 59.4 Å². The van der Waals surface area contributed by atoms with Crippen molar-refractivity contribution in [3.05, 3.63) is 120 Å². The van der Waals surface area contributed by atoms with Crippen LogP contribution in [0.4, 0.5) is 4.79 Å². The molecule has 0 saturated heterocycles. The number of nitrogens with zero attached hydrogens (tertiary/aromatic N) is 2. The predicted octanol–water partition coefficient (Wildman–Crippen LogP) is 4.28. The van der Waals surface area contributed by atoms with Gasteiger partial charge in [-0.25, -0.2) is 9.78 Å². The molecule has 4 aromatic rings. The van der Waals surface area contributed by atoms with E-state index in [1.807, 2.05) is 73.7 Å². The van der Waals surface area contributed by atoms with Crippen LogP contribution in [-0.2, 0) is 34.7 Å². The van der Waals surface area contributed by atoms with E-state index in [4.69, 9.17) is 9.15 Å². The molecular weight excluding hydrogens is 574 g/mol. The predicted molar refractivity (Wildman–Crippen MR) is 167 cm³/mol. The van der Waals surface area contributed by atoms with E-state index in [0.717, 1.165) is 11.1 Å². The number of aromatic nitrogens is 2. The summed E-state index contributed by atoms with van der Waals surface area (Å²) in [7, 11) is 0. The van der Waals surface area contributed by atoms with Gasteiger partial charge in [0.2, 0.25) is 11.8 Å². The monoisotopic (exact) mass is 613 g/mol. The topological polar surface area (TPSA) is 156 Å². The van der Waals surface area contributed by atoms with Gasteiger partial charge >= 0.3 is 6.09 Å². The molecule has 0 aliphatic rings. The molecule has 2 heterocycles. The van der Waals surface area contributed by atoms with Gasteiger partial charge in [0.1, 0.15) is 12.9 Å². The summed E-state index contributed by atoms with van der Waals surface area (Å²) >= 11 is 0. The molecule has 0 radical (unpaired) electrons. The van der Waals surface area contributed by atoms with Crippen molar-refractivity contribution < 1.29 is 28.6 Å². The van der Waals surface area contributed by atoms with Gasteiger partial charge in [-0.1, -0.05) is 73.7 Å². The first kappa shape index (κ1) is 32.9. The lowest BCUT2D eigenvalue weighted by Crippen LogP contribution is -2.42. The molecule has 2 aromatic heterocycles. The Hall–Kier alpha value is -5.03. The summed E-state index contributed by atoms with van der Waals surface area (Å²) in [5.74, 6) is -0.857. The minimum absolute atomic E-state index is 0.00816. The van der Waals surface area contributed by atoms with Crippen LogP contribution in [0.15, 0.2) is 95.7 Å². The largest absolute Gasteiger partial charge is 0.445 e. The lowest BCUT2D eigenvalue weighted by atomic mass is 9.94. The summed E-state index contributed by atoms with van der Waals surface area (Å²) in [6, 6.07) is 24.4. The SMILES string of the molecule is CC(CCNC(=O)OCc1ccccc1)CC(=O)NCC(O)(CCc1ccccc1)c1nc(C(=O)NCc2ccccn2)co1. The Balaban J connectivity index is 1.28. The quantitative estimate of drug-likeness (QED) is 0.146. The first-order chi connectivity index (χ1) is 21.8. The van der Waals surface area contributed by atoms with Gasteiger partial charge in [-0.3, -0.25) is 14.6 Å². The number of aliphatic hydroxyl groups is 1. The molecule has 2 aromatic carbocycles. The van der Waals surface area contributed by atoms with E-state index >= 15 is 0 Å². The van der Waals surface area contributed by atoms with Crippen molar-refractivity contribution in [2.24, 2.45) is 5.92 Å². The number of benzene rings is 2. The second kappa shape index (κ2) is 16.7. The van der Waals surface area contributed by atoms with Gasteiger partial charge in [-0.05, 0) is 48.4 Å². The fourth-order valence-corrected chi connectivity index (χ4v) is 4.55. The number of carbonyl (C=O) groups is 3. The van der Waals surface area contributed by atoms with E-state index in [9.17, 15) is 19.5 Å². The van der Waals surface area contributed by atoms with Crippen molar-refractivity contribution in [3.8, 4) is 0 Å². The first-order valence-corrected chi connectivity index (χ1v) is 14.9. The number of hydrogen-bond acceptors (Lipinski definition) is 8. The Kier molecular flexibility index (Phi) is 12.2. The third-order valence-electron chi connectivity index (χ3n) is 7.19. The minimum Gasteiger partial charge on any atom is -0.445 e. The molecule has 11 nitrogen and oxygen atoms in total. The van der Waals surface area contributed by atoms with Crippen molar-refractivity contribution in [1.82, 2.24) is 25.9 Å². The van der Waals surface area contributed by atoms with Crippen LogP contribution < -0.4 is 16.0 Å². The maximum atomic E-state index is 12.8. The van der Waals surface area contributed by atoms with Crippen LogP contribution in [0.2, 0.25) is 0 Å². The van der Waals surface area contributed by atoms with Crippen LogP contribution in [0.3, 0.4) is 0 Å². The smallest absolute Gasteiger partial charge is 0.407 e. The minimum atomic E-state index is -1.67. The highest BCUT2D eigenvalue weighted by Crippen LogP contribution is 2.26. The fourth-order valence-electron chi connectivity index (χ4n) is 4.55. The third kappa shape index (κ3) is 10.9. The molecule has 3 amide bonds. The number of ether oxygens (including phenoxy) is 1. The van der Waals surface area contributed by atoms with Crippen molar-refractivity contribution in [2.45, 2.75) is 51.4 Å². The molecule has 0 bridgehead atoms. The molecule has 11 heteroatoms. The number of rotatable bonds is 16. The number of alkyl carbamates (subject to hydrolysis) is 1. The lowest BCUT2D eigenvalue weighted by Gasteiger charge is -2.25. The number of carbonyl (C=O) groups excluding carboxylic acids is 3. The number of hydrogen-bond donors (Lipinski definition) is 4. The summed E-state index contributed by atoms with van der Waals surface area (Å²) < 4.78 is 10.8. The maximum Gasteiger partial charge on any atom is 0.407 e. The van der Waals surface area contributed by atoms with Gasteiger partial charge < -0.3 is 30.2 Å². The average molecular weight is 614 g/mol. The first-order valence-electron chi connectivity index (χ1n) is 14.9. The van der Waals surface area contributed by atoms with Gasteiger partial charge in [-0.15, -0.1) is 0 Å². The Labute approximate surface area is 262 Å². The highest BCUT2D eigenvalue weighted by molar-refractivity contribution is 5.91. The van der Waals surface area contributed by atoms with E-state index in [0.29, 0.717) is 25.1 Å². The third-order valence-corrected chi connectivity index (χ3v) is 7.19. The highest BCUT2D eigenvalue weighted by atomic mass is 16.5. The number of amides is 3. The molecule has 2 atom stereocenters. The molecular formula is C34H39N5O6. The normalized spacial score (nSPS) is 12.8. The van der Waals surface area contributed by atoms with Crippen molar-refractivity contribution in [3.63, 3.8) is 0 Å². The molecule has 0 fully saturated rings. The summed E-state index contributed by atoms with van der Waals surface area (Å²) in [6.45, 7) is 2.48. The lowest BCUT2D eigenvalue weighted by molar-refractivity contribution is -0.123. The summed E-state index contributed by atoms with van der Waals surface area (Å²) in [6.07, 6.45) is 3.73. The van der Waals surface area contributed by atoms with Gasteiger partial charge in [0, 0.05) is 19.2 Å². The molecule has 2 unspecified atom stereocenters. The standard InChI is InChI=1S/C34H39N5O6/c1-25(16-19-36-33(42)45-22-27-12-6-3-7-13-27)20-30(40)38-24-34(43,17-15-26-10-4-2-5-11-26)32-39-29(23-44-32)31(41)37-21-28-14-8-9-18-35-28/h2-14,18,23,25,43H,15-17,19-22,24H2,1H3,(H,36,42)(H,37,41)(H,38,40). The Morgan fingerprint density at radius 2 is 1.64 bits per heavy atom. The van der Waals surface area contributed by atoms with Gasteiger partial charge in [0.15, 0.2) is 11.3 Å². The summed E-state index contributed by atoms with van der Waals surface area (Å²) in [5, 5.41) is 19.9. The molecule has 236 valence electrons. The molecule has 0 spiro atoms. The number of pyridine rings is 1. The average Bonchev–Trinajstić information content (AvgIpc) is 3.57. The number of oxazole rings is 1. The zero-order chi connectivity index (χ0) is 31.9. The highest BCUT2D eigenvalue weighted by Gasteiger charge is 2.36. The van der Waals surface area contributed by atoms with Crippen LogP contribution in [0, 0.1) is 5.92 Å². The van der Waals surface area contributed by atoms with Gasteiger partial charge in [0.25, 0.3) is 5.91 Å².